The molecule has 0 bridgehead atoms. The van der Waals surface area contributed by atoms with Crippen LogP contribution in [0.25, 0.3) is 0 Å². The SMILES string of the molecule is CCO[Si](C)(CCCC1CCCO1)OCC. The Labute approximate surface area is 101 Å². The Morgan fingerprint density at radius 2 is 1.94 bits per heavy atom. The lowest BCUT2D eigenvalue weighted by Gasteiger charge is -2.26. The van der Waals surface area contributed by atoms with Gasteiger partial charge in [-0.1, -0.05) is 0 Å². The molecule has 0 spiro atoms. The summed E-state index contributed by atoms with van der Waals surface area (Å²) < 4.78 is 17.2. The summed E-state index contributed by atoms with van der Waals surface area (Å²) in [7, 11) is -1.88. The van der Waals surface area contributed by atoms with Gasteiger partial charge in [0.15, 0.2) is 0 Å². The Morgan fingerprint density at radius 1 is 1.25 bits per heavy atom. The van der Waals surface area contributed by atoms with Crippen molar-refractivity contribution >= 4 is 8.56 Å². The minimum Gasteiger partial charge on any atom is -0.395 e. The highest BCUT2D eigenvalue weighted by atomic mass is 28.4. The van der Waals surface area contributed by atoms with Gasteiger partial charge >= 0.3 is 8.56 Å². The van der Waals surface area contributed by atoms with Crippen LogP contribution in [0.5, 0.6) is 0 Å². The molecule has 0 N–H and O–H groups in total. The van der Waals surface area contributed by atoms with Gasteiger partial charge in [0.05, 0.1) is 6.10 Å². The maximum Gasteiger partial charge on any atom is 0.334 e. The minimum absolute atomic E-state index is 0.501. The Morgan fingerprint density at radius 3 is 2.44 bits per heavy atom. The van der Waals surface area contributed by atoms with E-state index in [1.54, 1.807) is 0 Å². The lowest BCUT2D eigenvalue weighted by molar-refractivity contribution is 0.102. The van der Waals surface area contributed by atoms with Crippen LogP contribution in [-0.4, -0.2) is 34.5 Å². The fourth-order valence-corrected chi connectivity index (χ4v) is 4.76. The summed E-state index contributed by atoms with van der Waals surface area (Å²) in [5.41, 5.74) is 0. The van der Waals surface area contributed by atoms with Crippen molar-refractivity contribution in [3.8, 4) is 0 Å². The van der Waals surface area contributed by atoms with Gasteiger partial charge in [0, 0.05) is 19.8 Å². The van der Waals surface area contributed by atoms with Crippen molar-refractivity contribution in [3.63, 3.8) is 0 Å². The second kappa shape index (κ2) is 7.43. The van der Waals surface area contributed by atoms with Gasteiger partial charge in [-0.2, -0.15) is 0 Å². The molecular formula is C12H26O3Si. The Hall–Kier alpha value is 0.0969. The first-order valence-electron chi connectivity index (χ1n) is 6.59. The molecule has 0 saturated carbocycles. The zero-order chi connectivity index (χ0) is 11.9. The average molecular weight is 246 g/mol. The first kappa shape index (κ1) is 14.2. The molecule has 0 radical (unpaired) electrons. The number of ether oxygens (including phenoxy) is 1. The van der Waals surface area contributed by atoms with Gasteiger partial charge in [0.1, 0.15) is 0 Å². The second-order valence-corrected chi connectivity index (χ2v) is 7.87. The van der Waals surface area contributed by atoms with Crippen LogP contribution >= 0.6 is 0 Å². The fourth-order valence-electron chi connectivity index (χ4n) is 2.32. The number of rotatable bonds is 8. The Balaban J connectivity index is 2.20. The molecule has 0 aromatic heterocycles. The molecule has 1 unspecified atom stereocenters. The molecule has 1 atom stereocenters. The van der Waals surface area contributed by atoms with Crippen molar-refractivity contribution in [2.45, 2.75) is 58.2 Å². The van der Waals surface area contributed by atoms with Gasteiger partial charge in [0.25, 0.3) is 0 Å². The maximum absolute atomic E-state index is 5.81. The molecule has 0 aromatic rings. The van der Waals surface area contributed by atoms with E-state index in [0.717, 1.165) is 25.9 Å². The molecule has 1 rings (SSSR count). The second-order valence-electron chi connectivity index (χ2n) is 4.53. The summed E-state index contributed by atoms with van der Waals surface area (Å²) in [6.45, 7) is 8.76. The topological polar surface area (TPSA) is 27.7 Å². The summed E-state index contributed by atoms with van der Waals surface area (Å²) in [5.74, 6) is 0. The van der Waals surface area contributed by atoms with Gasteiger partial charge < -0.3 is 13.6 Å². The molecule has 16 heavy (non-hydrogen) atoms. The van der Waals surface area contributed by atoms with Crippen LogP contribution in [0, 0.1) is 0 Å². The normalized spacial score (nSPS) is 21.6. The van der Waals surface area contributed by atoms with Crippen LogP contribution < -0.4 is 0 Å². The Bertz CT molecular complexity index is 175. The van der Waals surface area contributed by atoms with Gasteiger partial charge in [-0.3, -0.25) is 0 Å². The van der Waals surface area contributed by atoms with Crippen molar-refractivity contribution in [3.05, 3.63) is 0 Å². The van der Waals surface area contributed by atoms with E-state index in [2.05, 4.69) is 6.55 Å². The molecular weight excluding hydrogens is 220 g/mol. The number of hydrogen-bond donors (Lipinski definition) is 0. The van der Waals surface area contributed by atoms with Gasteiger partial charge in [-0.15, -0.1) is 0 Å². The molecule has 1 aliphatic heterocycles. The molecule has 1 fully saturated rings. The third kappa shape index (κ3) is 4.95. The molecule has 4 heteroatoms. The standard InChI is InChI=1S/C12H26O3Si/c1-4-14-16(3,15-5-2)11-7-9-12-8-6-10-13-12/h12H,4-11H2,1-3H3. The lowest BCUT2D eigenvalue weighted by Crippen LogP contribution is -2.38. The average Bonchev–Trinajstić information content (AvgIpc) is 2.71. The van der Waals surface area contributed by atoms with Crippen LogP contribution in [0.1, 0.15) is 39.5 Å². The van der Waals surface area contributed by atoms with Gasteiger partial charge in [0.2, 0.25) is 0 Å². The predicted molar refractivity (Wildman–Crippen MR) is 67.9 cm³/mol. The number of hydrogen-bond acceptors (Lipinski definition) is 3. The lowest BCUT2D eigenvalue weighted by atomic mass is 10.1. The van der Waals surface area contributed by atoms with E-state index in [4.69, 9.17) is 13.6 Å². The quantitative estimate of drug-likeness (QED) is 0.616. The van der Waals surface area contributed by atoms with E-state index in [-0.39, 0.29) is 0 Å². The summed E-state index contributed by atoms with van der Waals surface area (Å²) in [4.78, 5) is 0. The summed E-state index contributed by atoms with van der Waals surface area (Å²) >= 11 is 0. The van der Waals surface area contributed by atoms with Crippen LogP contribution in [-0.2, 0) is 13.6 Å². The highest BCUT2D eigenvalue weighted by Crippen LogP contribution is 2.22. The van der Waals surface area contributed by atoms with Crippen LogP contribution in [0.2, 0.25) is 12.6 Å². The molecule has 0 amide bonds. The maximum atomic E-state index is 5.81. The smallest absolute Gasteiger partial charge is 0.334 e. The molecule has 3 nitrogen and oxygen atoms in total. The van der Waals surface area contributed by atoms with Crippen molar-refractivity contribution in [2.24, 2.45) is 0 Å². The highest BCUT2D eigenvalue weighted by molar-refractivity contribution is 6.66. The zero-order valence-electron chi connectivity index (χ0n) is 11.0. The summed E-state index contributed by atoms with van der Waals surface area (Å²) in [5, 5.41) is 0. The molecule has 96 valence electrons. The summed E-state index contributed by atoms with van der Waals surface area (Å²) in [6.07, 6.45) is 5.31. The molecule has 0 aliphatic carbocycles. The predicted octanol–water partition coefficient (Wildman–Crippen LogP) is 3.09. The van der Waals surface area contributed by atoms with Crippen molar-refractivity contribution in [2.75, 3.05) is 19.8 Å². The highest BCUT2D eigenvalue weighted by Gasteiger charge is 2.30. The van der Waals surface area contributed by atoms with E-state index in [1.807, 2.05) is 13.8 Å². The van der Waals surface area contributed by atoms with Crippen molar-refractivity contribution in [1.82, 2.24) is 0 Å². The van der Waals surface area contributed by atoms with Crippen LogP contribution in [0.4, 0.5) is 0 Å². The minimum atomic E-state index is -1.88. The van der Waals surface area contributed by atoms with E-state index in [9.17, 15) is 0 Å². The first-order valence-corrected chi connectivity index (χ1v) is 9.12. The van der Waals surface area contributed by atoms with Gasteiger partial charge in [-0.05, 0) is 52.1 Å². The largest absolute Gasteiger partial charge is 0.395 e. The van der Waals surface area contributed by atoms with Crippen LogP contribution in [0.3, 0.4) is 0 Å². The molecule has 0 aromatic carbocycles. The molecule has 1 saturated heterocycles. The third-order valence-electron chi connectivity index (χ3n) is 3.08. The van der Waals surface area contributed by atoms with E-state index < -0.39 is 8.56 Å². The monoisotopic (exact) mass is 246 g/mol. The van der Waals surface area contributed by atoms with Gasteiger partial charge in [-0.25, -0.2) is 0 Å². The van der Waals surface area contributed by atoms with Crippen molar-refractivity contribution < 1.29 is 13.6 Å². The third-order valence-corrected chi connectivity index (χ3v) is 6.14. The van der Waals surface area contributed by atoms with E-state index >= 15 is 0 Å². The zero-order valence-corrected chi connectivity index (χ0v) is 12.0. The van der Waals surface area contributed by atoms with Crippen LogP contribution in [0.15, 0.2) is 0 Å². The molecule has 1 aliphatic rings. The van der Waals surface area contributed by atoms with E-state index in [0.29, 0.717) is 6.10 Å². The van der Waals surface area contributed by atoms with Crippen molar-refractivity contribution in [1.29, 1.82) is 0 Å². The Kier molecular flexibility index (Phi) is 6.57. The van der Waals surface area contributed by atoms with E-state index in [1.165, 1.54) is 25.7 Å². The summed E-state index contributed by atoms with van der Waals surface area (Å²) in [6, 6.07) is 1.09. The fraction of sp³-hybridized carbons (Fsp3) is 1.00. The first-order chi connectivity index (χ1) is 7.70. The molecule has 1 heterocycles.